The summed E-state index contributed by atoms with van der Waals surface area (Å²) in [6, 6.07) is 4.87. The molecule has 1 fully saturated rings. The van der Waals surface area contributed by atoms with Gasteiger partial charge in [0.1, 0.15) is 0 Å². The average molecular weight is 438 g/mol. The minimum Gasteiger partial charge on any atom is -0.336 e. The van der Waals surface area contributed by atoms with E-state index in [1.54, 1.807) is 42.3 Å². The molecule has 1 aromatic carbocycles. The maximum atomic E-state index is 12.4. The van der Waals surface area contributed by atoms with Crippen molar-refractivity contribution >= 4 is 49.8 Å². The van der Waals surface area contributed by atoms with Gasteiger partial charge in [0.25, 0.3) is 0 Å². The molecule has 29 heavy (non-hydrogen) atoms. The molecule has 0 aliphatic carbocycles. The van der Waals surface area contributed by atoms with Gasteiger partial charge in [0, 0.05) is 24.2 Å². The third-order valence-electron chi connectivity index (χ3n) is 4.32. The van der Waals surface area contributed by atoms with E-state index in [1.165, 1.54) is 11.3 Å². The smallest absolute Gasteiger partial charge is 0.323 e. The van der Waals surface area contributed by atoms with Gasteiger partial charge in [0.05, 0.1) is 23.6 Å². The van der Waals surface area contributed by atoms with Crippen molar-refractivity contribution in [2.24, 2.45) is 0 Å². The Morgan fingerprint density at radius 1 is 1.34 bits per heavy atom. The van der Waals surface area contributed by atoms with Crippen molar-refractivity contribution in [1.29, 1.82) is 0 Å². The Kier molecular flexibility index (Phi) is 6.38. The predicted molar refractivity (Wildman–Crippen MR) is 114 cm³/mol. The van der Waals surface area contributed by atoms with Crippen LogP contribution < -0.4 is 20.3 Å². The molecule has 0 saturated carbocycles. The summed E-state index contributed by atoms with van der Waals surface area (Å²) >= 11 is 1.31. The maximum absolute atomic E-state index is 12.4. The van der Waals surface area contributed by atoms with Crippen molar-refractivity contribution in [1.82, 2.24) is 10.3 Å². The number of hydrogen-bond acceptors (Lipinski definition) is 6. The molecule has 1 aliphatic heterocycles. The number of amides is 3. The van der Waals surface area contributed by atoms with Crippen LogP contribution in [-0.2, 0) is 21.2 Å². The van der Waals surface area contributed by atoms with Gasteiger partial charge < -0.3 is 10.6 Å². The zero-order valence-electron chi connectivity index (χ0n) is 16.2. The number of carbonyl (C=O) groups excluding carboxylic acids is 2. The van der Waals surface area contributed by atoms with Gasteiger partial charge in [0.15, 0.2) is 5.13 Å². The zero-order valence-corrected chi connectivity index (χ0v) is 17.8. The highest BCUT2D eigenvalue weighted by molar-refractivity contribution is 7.92. The molecule has 3 N–H and O–H groups in total. The number of sulfonamides is 1. The molecule has 9 nitrogen and oxygen atoms in total. The lowest BCUT2D eigenvalue weighted by molar-refractivity contribution is -0.115. The molecule has 2 heterocycles. The summed E-state index contributed by atoms with van der Waals surface area (Å²) < 4.78 is 26.6. The van der Waals surface area contributed by atoms with Crippen LogP contribution >= 0.6 is 11.3 Å². The van der Waals surface area contributed by atoms with E-state index in [1.807, 2.05) is 0 Å². The maximum Gasteiger partial charge on any atom is 0.323 e. The van der Waals surface area contributed by atoms with Crippen LogP contribution in [-0.4, -0.2) is 44.2 Å². The van der Waals surface area contributed by atoms with Crippen molar-refractivity contribution in [3.8, 4) is 0 Å². The van der Waals surface area contributed by atoms with Gasteiger partial charge >= 0.3 is 6.03 Å². The van der Waals surface area contributed by atoms with Crippen molar-refractivity contribution in [3.63, 3.8) is 0 Å². The molecule has 0 radical (unpaired) electrons. The molecule has 1 aromatic heterocycles. The molecule has 0 spiro atoms. The Bertz CT molecular complexity index is 1020. The fraction of sp³-hybridized carbons (Fsp3) is 0.389. The fourth-order valence-electron chi connectivity index (χ4n) is 2.88. The Labute approximate surface area is 173 Å². The van der Waals surface area contributed by atoms with E-state index in [0.717, 1.165) is 0 Å². The van der Waals surface area contributed by atoms with E-state index < -0.39 is 10.0 Å². The highest BCUT2D eigenvalue weighted by atomic mass is 32.2. The second kappa shape index (κ2) is 8.78. The number of rotatable bonds is 8. The molecular weight excluding hydrogens is 414 g/mol. The average Bonchev–Trinajstić information content (AvgIpc) is 3.26. The van der Waals surface area contributed by atoms with Gasteiger partial charge in [-0.25, -0.2) is 18.2 Å². The molecular formula is C18H23N5O4S2. The van der Waals surface area contributed by atoms with Crippen molar-refractivity contribution in [2.75, 3.05) is 33.8 Å². The Morgan fingerprint density at radius 2 is 2.10 bits per heavy atom. The van der Waals surface area contributed by atoms with E-state index in [-0.39, 0.29) is 24.1 Å². The van der Waals surface area contributed by atoms with Crippen LogP contribution in [0.2, 0.25) is 0 Å². The molecule has 2 aromatic rings. The first kappa shape index (κ1) is 21.1. The number of carbonyl (C=O) groups is 2. The Balaban J connectivity index is 1.66. The molecule has 1 aliphatic rings. The summed E-state index contributed by atoms with van der Waals surface area (Å²) in [6.07, 6.45) is 0.566. The third-order valence-corrected chi connectivity index (χ3v) is 6.70. The highest BCUT2D eigenvalue weighted by Crippen LogP contribution is 2.25. The van der Waals surface area contributed by atoms with Crippen molar-refractivity contribution in [3.05, 3.63) is 34.8 Å². The van der Waals surface area contributed by atoms with E-state index in [4.69, 9.17) is 0 Å². The van der Waals surface area contributed by atoms with Crippen LogP contribution in [0.15, 0.2) is 23.6 Å². The number of benzene rings is 1. The summed E-state index contributed by atoms with van der Waals surface area (Å²) in [6.45, 7) is 4.67. The lowest BCUT2D eigenvalue weighted by atomic mass is 10.1. The molecule has 0 bridgehead atoms. The van der Waals surface area contributed by atoms with Crippen molar-refractivity contribution < 1.29 is 18.0 Å². The lowest BCUT2D eigenvalue weighted by Crippen LogP contribution is -2.27. The largest absolute Gasteiger partial charge is 0.336 e. The highest BCUT2D eigenvalue weighted by Gasteiger charge is 2.24. The normalized spacial score (nSPS) is 14.0. The minimum atomic E-state index is -3.42. The predicted octanol–water partition coefficient (Wildman–Crippen LogP) is 2.31. The van der Waals surface area contributed by atoms with Crippen LogP contribution in [0.4, 0.5) is 21.3 Å². The van der Waals surface area contributed by atoms with E-state index >= 15 is 0 Å². The van der Waals surface area contributed by atoms with E-state index in [2.05, 4.69) is 20.3 Å². The van der Waals surface area contributed by atoms with E-state index in [9.17, 15) is 18.0 Å². The summed E-state index contributed by atoms with van der Waals surface area (Å²) in [4.78, 5) is 30.1. The van der Waals surface area contributed by atoms with Gasteiger partial charge in [0.2, 0.25) is 15.9 Å². The Hall–Kier alpha value is -2.66. The van der Waals surface area contributed by atoms with Gasteiger partial charge in [-0.2, -0.15) is 0 Å². The number of thiazole rings is 1. The van der Waals surface area contributed by atoms with Gasteiger partial charge in [-0.3, -0.25) is 14.4 Å². The fourth-order valence-corrected chi connectivity index (χ4v) is 4.93. The minimum absolute atomic E-state index is 0.0320. The summed E-state index contributed by atoms with van der Waals surface area (Å²) in [7, 11) is -3.42. The van der Waals surface area contributed by atoms with Gasteiger partial charge in [-0.05, 0) is 31.0 Å². The first-order chi connectivity index (χ1) is 13.8. The van der Waals surface area contributed by atoms with Crippen LogP contribution in [0.25, 0.3) is 0 Å². The van der Waals surface area contributed by atoms with Crippen LogP contribution in [0.5, 0.6) is 0 Å². The number of urea groups is 1. The van der Waals surface area contributed by atoms with Crippen LogP contribution in [0.3, 0.4) is 0 Å². The second-order valence-electron chi connectivity index (χ2n) is 6.63. The molecule has 0 atom stereocenters. The van der Waals surface area contributed by atoms with Crippen LogP contribution in [0.1, 0.15) is 24.6 Å². The topological polar surface area (TPSA) is 121 Å². The standard InChI is InChI=1S/C18H23N5O4S2/c1-3-9-29(26,27)22-15-6-4-5-14(12(15)2)21-16(24)10-13-11-28-18(20-13)23-8-7-19-17(23)25/h4-6,11,22H,3,7-10H2,1-2H3,(H,19,25)(H,21,24). The summed E-state index contributed by atoms with van der Waals surface area (Å²) in [5, 5.41) is 7.83. The molecule has 1 saturated heterocycles. The molecule has 3 rings (SSSR count). The third kappa shape index (κ3) is 5.24. The van der Waals surface area contributed by atoms with Gasteiger partial charge in [-0.15, -0.1) is 11.3 Å². The summed E-state index contributed by atoms with van der Waals surface area (Å²) in [5.74, 6) is -0.242. The zero-order chi connectivity index (χ0) is 21.0. The SMILES string of the molecule is CCCS(=O)(=O)Nc1cccc(NC(=O)Cc2csc(N3CCNC3=O)n2)c1C. The lowest BCUT2D eigenvalue weighted by Gasteiger charge is -2.14. The number of nitrogens with zero attached hydrogens (tertiary/aromatic N) is 2. The monoisotopic (exact) mass is 437 g/mol. The number of aromatic nitrogens is 1. The Morgan fingerprint density at radius 3 is 2.79 bits per heavy atom. The van der Waals surface area contributed by atoms with Crippen molar-refractivity contribution in [2.45, 2.75) is 26.7 Å². The second-order valence-corrected chi connectivity index (χ2v) is 9.31. The molecule has 11 heteroatoms. The number of nitrogens with one attached hydrogen (secondary N) is 3. The molecule has 156 valence electrons. The van der Waals surface area contributed by atoms with E-state index in [0.29, 0.717) is 47.3 Å². The first-order valence-electron chi connectivity index (χ1n) is 9.19. The molecule has 3 amide bonds. The van der Waals surface area contributed by atoms with Gasteiger partial charge in [-0.1, -0.05) is 13.0 Å². The first-order valence-corrected chi connectivity index (χ1v) is 11.7. The quantitative estimate of drug-likeness (QED) is 0.585. The number of anilines is 3. The summed E-state index contributed by atoms with van der Waals surface area (Å²) in [5.41, 5.74) is 2.17. The van der Waals surface area contributed by atoms with Crippen LogP contribution in [0, 0.1) is 6.92 Å². The number of hydrogen-bond donors (Lipinski definition) is 3. The molecule has 0 unspecified atom stereocenters.